The van der Waals surface area contributed by atoms with Crippen molar-refractivity contribution in [2.75, 3.05) is 0 Å². The first-order valence-corrected chi connectivity index (χ1v) is 7.24. The Balaban J connectivity index is 2.03. The molecule has 0 aromatic carbocycles. The zero-order valence-corrected chi connectivity index (χ0v) is 12.0. The van der Waals surface area contributed by atoms with Crippen LogP contribution in [0.4, 0.5) is 0 Å². The fraction of sp³-hybridized carbons (Fsp3) is 0.500. The molecule has 100 valence electrons. The Labute approximate surface area is 117 Å². The predicted molar refractivity (Wildman–Crippen MR) is 73.8 cm³/mol. The first kappa shape index (κ1) is 13.8. The van der Waals surface area contributed by atoms with E-state index >= 15 is 0 Å². The van der Waals surface area contributed by atoms with Crippen LogP contribution in [-0.2, 0) is 12.8 Å². The lowest BCUT2D eigenvalue weighted by Gasteiger charge is -2.22. The summed E-state index contributed by atoms with van der Waals surface area (Å²) in [5, 5.41) is 14.9. The van der Waals surface area contributed by atoms with E-state index in [0.29, 0.717) is 31.0 Å². The quantitative estimate of drug-likeness (QED) is 0.808. The normalized spacial score (nSPS) is 13.9. The maximum atomic E-state index is 8.87. The van der Waals surface area contributed by atoms with Gasteiger partial charge in [0.25, 0.3) is 0 Å². The van der Waals surface area contributed by atoms with Crippen molar-refractivity contribution in [2.24, 2.45) is 5.41 Å². The van der Waals surface area contributed by atoms with Crippen LogP contribution < -0.4 is 0 Å². The number of thiophene rings is 1. The maximum Gasteiger partial charge on any atom is 0.227 e. The monoisotopic (exact) mass is 275 g/mol. The third-order valence-electron chi connectivity index (χ3n) is 3.36. The van der Waals surface area contributed by atoms with Crippen molar-refractivity contribution in [3.8, 4) is 6.07 Å². The van der Waals surface area contributed by atoms with Gasteiger partial charge in [0.2, 0.25) is 5.89 Å². The molecule has 0 saturated carbocycles. The number of nitrogens with zero attached hydrogens (tertiary/aromatic N) is 3. The summed E-state index contributed by atoms with van der Waals surface area (Å²) in [6, 6.07) is 6.31. The van der Waals surface area contributed by atoms with Gasteiger partial charge < -0.3 is 4.52 Å². The van der Waals surface area contributed by atoms with Crippen LogP contribution in [0.5, 0.6) is 0 Å². The van der Waals surface area contributed by atoms with E-state index in [1.54, 1.807) is 11.3 Å². The van der Waals surface area contributed by atoms with Gasteiger partial charge in [0, 0.05) is 24.1 Å². The van der Waals surface area contributed by atoms with Gasteiger partial charge in [-0.1, -0.05) is 25.1 Å². The minimum Gasteiger partial charge on any atom is -0.339 e. The molecule has 1 atom stereocenters. The van der Waals surface area contributed by atoms with Gasteiger partial charge in [-0.2, -0.15) is 10.2 Å². The largest absolute Gasteiger partial charge is 0.339 e. The number of hydrogen-bond acceptors (Lipinski definition) is 5. The molecule has 4 nitrogen and oxygen atoms in total. The SMILES string of the molecule is CCC(C)(CC#N)Cc1nc(Cc2cccs2)no1. The zero-order chi connectivity index (χ0) is 13.7. The van der Waals surface area contributed by atoms with Crippen molar-refractivity contribution in [2.45, 2.75) is 39.5 Å². The van der Waals surface area contributed by atoms with E-state index in [4.69, 9.17) is 9.78 Å². The molecule has 5 heteroatoms. The van der Waals surface area contributed by atoms with Gasteiger partial charge in [0.05, 0.1) is 6.07 Å². The Bertz CT molecular complexity index is 556. The molecule has 2 aromatic heterocycles. The Morgan fingerprint density at radius 2 is 2.37 bits per heavy atom. The first-order chi connectivity index (χ1) is 9.15. The smallest absolute Gasteiger partial charge is 0.227 e. The molecule has 1 unspecified atom stereocenters. The Morgan fingerprint density at radius 1 is 1.53 bits per heavy atom. The van der Waals surface area contributed by atoms with E-state index in [-0.39, 0.29) is 5.41 Å². The molecule has 0 fully saturated rings. The molecule has 0 N–H and O–H groups in total. The van der Waals surface area contributed by atoms with Crippen molar-refractivity contribution < 1.29 is 4.52 Å². The Hall–Kier alpha value is -1.67. The van der Waals surface area contributed by atoms with E-state index < -0.39 is 0 Å². The number of hydrogen-bond donors (Lipinski definition) is 0. The van der Waals surface area contributed by atoms with Gasteiger partial charge in [0.1, 0.15) is 0 Å². The fourth-order valence-corrected chi connectivity index (χ4v) is 2.57. The third kappa shape index (κ3) is 3.65. The lowest BCUT2D eigenvalue weighted by Crippen LogP contribution is -2.18. The van der Waals surface area contributed by atoms with Gasteiger partial charge >= 0.3 is 0 Å². The molecule has 0 aliphatic carbocycles. The van der Waals surface area contributed by atoms with E-state index in [1.165, 1.54) is 4.88 Å². The second-order valence-corrected chi connectivity index (χ2v) is 6.07. The summed E-state index contributed by atoms with van der Waals surface area (Å²) in [6.07, 6.45) is 2.80. The Morgan fingerprint density at radius 3 is 3.00 bits per heavy atom. The zero-order valence-electron chi connectivity index (χ0n) is 11.2. The van der Waals surface area contributed by atoms with Gasteiger partial charge in [-0.25, -0.2) is 0 Å². The van der Waals surface area contributed by atoms with E-state index in [0.717, 1.165) is 6.42 Å². The average Bonchev–Trinajstić information content (AvgIpc) is 3.02. The highest BCUT2D eigenvalue weighted by Gasteiger charge is 2.25. The minimum absolute atomic E-state index is 0.0819. The van der Waals surface area contributed by atoms with Crippen LogP contribution >= 0.6 is 11.3 Å². The molecule has 0 amide bonds. The van der Waals surface area contributed by atoms with Crippen LogP contribution in [0.1, 0.15) is 43.3 Å². The lowest BCUT2D eigenvalue weighted by molar-refractivity contribution is 0.265. The molecule has 0 saturated heterocycles. The van der Waals surface area contributed by atoms with E-state index in [1.807, 2.05) is 11.4 Å². The average molecular weight is 275 g/mol. The minimum atomic E-state index is -0.0819. The summed E-state index contributed by atoms with van der Waals surface area (Å²) in [6.45, 7) is 4.17. The lowest BCUT2D eigenvalue weighted by atomic mass is 9.81. The topological polar surface area (TPSA) is 62.7 Å². The van der Waals surface area contributed by atoms with Gasteiger partial charge in [-0.3, -0.25) is 0 Å². The molecule has 2 heterocycles. The van der Waals surface area contributed by atoms with Gasteiger partial charge in [-0.05, 0) is 23.3 Å². The summed E-state index contributed by atoms with van der Waals surface area (Å²) in [7, 11) is 0. The second kappa shape index (κ2) is 5.98. The maximum absolute atomic E-state index is 8.87. The van der Waals surface area contributed by atoms with Crippen LogP contribution in [-0.4, -0.2) is 10.1 Å². The highest BCUT2D eigenvalue weighted by molar-refractivity contribution is 7.09. The molecule has 2 aromatic rings. The fourth-order valence-electron chi connectivity index (χ4n) is 1.87. The second-order valence-electron chi connectivity index (χ2n) is 5.04. The van der Waals surface area contributed by atoms with Crippen molar-refractivity contribution in [3.63, 3.8) is 0 Å². The van der Waals surface area contributed by atoms with Crippen molar-refractivity contribution in [1.29, 1.82) is 5.26 Å². The highest BCUT2D eigenvalue weighted by atomic mass is 32.1. The summed E-state index contributed by atoms with van der Waals surface area (Å²) < 4.78 is 5.29. The van der Waals surface area contributed by atoms with Crippen LogP contribution in [0, 0.1) is 16.7 Å². The van der Waals surface area contributed by atoms with Crippen LogP contribution in [0.25, 0.3) is 0 Å². The molecule has 0 bridgehead atoms. The number of rotatable bonds is 6. The van der Waals surface area contributed by atoms with Crippen LogP contribution in [0.15, 0.2) is 22.0 Å². The highest BCUT2D eigenvalue weighted by Crippen LogP contribution is 2.29. The summed E-state index contributed by atoms with van der Waals surface area (Å²) in [5.41, 5.74) is -0.0819. The molecular weight excluding hydrogens is 258 g/mol. The summed E-state index contributed by atoms with van der Waals surface area (Å²) in [4.78, 5) is 5.64. The number of nitriles is 1. The van der Waals surface area contributed by atoms with E-state index in [2.05, 4.69) is 36.1 Å². The molecular formula is C14H17N3OS. The van der Waals surface area contributed by atoms with Gasteiger partial charge in [0.15, 0.2) is 5.82 Å². The molecule has 19 heavy (non-hydrogen) atoms. The molecule has 0 spiro atoms. The first-order valence-electron chi connectivity index (χ1n) is 6.36. The number of aromatic nitrogens is 2. The molecule has 0 aliphatic heterocycles. The molecule has 0 aliphatic rings. The van der Waals surface area contributed by atoms with Crippen LogP contribution in [0.3, 0.4) is 0 Å². The van der Waals surface area contributed by atoms with Crippen LogP contribution in [0.2, 0.25) is 0 Å². The van der Waals surface area contributed by atoms with Gasteiger partial charge in [-0.15, -0.1) is 11.3 Å². The predicted octanol–water partition coefficient (Wildman–Crippen LogP) is 3.59. The molecule has 0 radical (unpaired) electrons. The summed E-state index contributed by atoms with van der Waals surface area (Å²) >= 11 is 1.69. The summed E-state index contributed by atoms with van der Waals surface area (Å²) in [5.74, 6) is 1.35. The van der Waals surface area contributed by atoms with E-state index in [9.17, 15) is 0 Å². The standard InChI is InChI=1S/C14H17N3OS/c1-3-14(2,6-7-15)10-13-16-12(17-18-13)9-11-5-4-8-19-11/h4-5,8H,3,6,9-10H2,1-2H3. The van der Waals surface area contributed by atoms with Crippen molar-refractivity contribution in [1.82, 2.24) is 10.1 Å². The third-order valence-corrected chi connectivity index (χ3v) is 4.24. The van der Waals surface area contributed by atoms with Crippen molar-refractivity contribution in [3.05, 3.63) is 34.1 Å². The Kier molecular flexibility index (Phi) is 4.33. The molecule has 2 rings (SSSR count). The van der Waals surface area contributed by atoms with Crippen molar-refractivity contribution >= 4 is 11.3 Å².